The summed E-state index contributed by atoms with van der Waals surface area (Å²) in [7, 11) is -2.40. The van der Waals surface area contributed by atoms with Crippen molar-refractivity contribution < 1.29 is 28.5 Å². The van der Waals surface area contributed by atoms with E-state index < -0.39 is 37.9 Å². The number of carbonyl (C=O) groups is 1. The first kappa shape index (κ1) is 26.6. The summed E-state index contributed by atoms with van der Waals surface area (Å²) < 4.78 is 28.7. The van der Waals surface area contributed by atoms with E-state index in [4.69, 9.17) is 11.6 Å². The number of piperidine rings is 1. The fourth-order valence-electron chi connectivity index (χ4n) is 3.70. The van der Waals surface area contributed by atoms with E-state index in [0.717, 1.165) is 6.07 Å². The molecule has 12 heteroatoms. The molecule has 1 aliphatic rings. The number of phenolic OH excluding ortho intramolecular Hbond substituents is 2. The predicted octanol–water partition coefficient (Wildman–Crippen LogP) is 3.06. The van der Waals surface area contributed by atoms with Crippen LogP contribution in [0.3, 0.4) is 0 Å². The van der Waals surface area contributed by atoms with Crippen molar-refractivity contribution in [3.63, 3.8) is 0 Å². The van der Waals surface area contributed by atoms with Crippen molar-refractivity contribution in [2.45, 2.75) is 36.7 Å². The lowest BCUT2D eigenvalue weighted by Crippen LogP contribution is -2.50. The molecular weight excluding hydrogens is 550 g/mol. The lowest BCUT2D eigenvalue weighted by atomic mass is 9.91. The quantitative estimate of drug-likeness (QED) is 0.319. The molecule has 1 aliphatic heterocycles. The second kappa shape index (κ2) is 10.3. The fraction of sp³-hybridized carbons (Fsp3) is 0.409. The van der Waals surface area contributed by atoms with Crippen LogP contribution in [-0.2, 0) is 16.4 Å². The van der Waals surface area contributed by atoms with E-state index >= 15 is 0 Å². The molecule has 2 aromatic carbocycles. The Bertz CT molecular complexity index is 1200. The topological polar surface area (TPSA) is 139 Å². The number of hydrogen-bond donors (Lipinski definition) is 5. The fourth-order valence-corrected chi connectivity index (χ4v) is 5.80. The van der Waals surface area contributed by atoms with Crippen molar-refractivity contribution >= 4 is 49.1 Å². The summed E-state index contributed by atoms with van der Waals surface area (Å²) in [5, 5.41) is 34.4. The number of aromatic hydroxyl groups is 2. The van der Waals surface area contributed by atoms with Gasteiger partial charge in [0.2, 0.25) is 0 Å². The molecule has 2 aromatic rings. The average molecular weight is 577 g/mol. The number of rotatable bonds is 7. The number of anilines is 1. The van der Waals surface area contributed by atoms with Crippen LogP contribution in [0.1, 0.15) is 35.7 Å². The van der Waals surface area contributed by atoms with E-state index in [1.54, 1.807) is 13.0 Å². The highest BCUT2D eigenvalue weighted by Gasteiger charge is 2.32. The molecule has 0 spiro atoms. The summed E-state index contributed by atoms with van der Waals surface area (Å²) in [6.45, 7) is 3.10. The van der Waals surface area contributed by atoms with Crippen LogP contribution in [0.5, 0.6) is 11.5 Å². The van der Waals surface area contributed by atoms with Gasteiger partial charge < -0.3 is 25.5 Å². The van der Waals surface area contributed by atoms with Crippen LogP contribution in [0.4, 0.5) is 5.69 Å². The van der Waals surface area contributed by atoms with Crippen molar-refractivity contribution in [3.8, 4) is 11.5 Å². The average Bonchev–Trinajstić information content (AvgIpc) is 2.77. The smallest absolute Gasteiger partial charge is 0.265 e. The number of carbonyl (C=O) groups excluding carboxylic acids is 1. The molecule has 1 amide bonds. The maximum Gasteiger partial charge on any atom is 0.265 e. The first-order valence-electron chi connectivity index (χ1n) is 10.6. The molecule has 1 saturated heterocycles. The number of hydrogen-bond acceptors (Lipinski definition) is 7. The molecule has 1 heterocycles. The van der Waals surface area contributed by atoms with Gasteiger partial charge in [-0.15, -0.1) is 0 Å². The first-order chi connectivity index (χ1) is 15.8. The molecule has 0 aromatic heterocycles. The van der Waals surface area contributed by atoms with Crippen LogP contribution in [0.15, 0.2) is 33.6 Å². The second-order valence-electron chi connectivity index (χ2n) is 8.43. The van der Waals surface area contributed by atoms with Gasteiger partial charge in [0.25, 0.3) is 15.9 Å². The van der Waals surface area contributed by atoms with Crippen molar-refractivity contribution in [2.24, 2.45) is 0 Å². The van der Waals surface area contributed by atoms with Gasteiger partial charge in [-0.25, -0.2) is 8.42 Å². The van der Waals surface area contributed by atoms with Crippen LogP contribution in [0, 0.1) is 0 Å². The molecule has 0 unspecified atom stereocenters. The van der Waals surface area contributed by atoms with Crippen LogP contribution in [0.25, 0.3) is 0 Å². The largest absolute Gasteiger partial charge is 0.506 e. The Labute approximate surface area is 211 Å². The van der Waals surface area contributed by atoms with E-state index in [-0.39, 0.29) is 22.8 Å². The van der Waals surface area contributed by atoms with Gasteiger partial charge >= 0.3 is 0 Å². The van der Waals surface area contributed by atoms with Gasteiger partial charge in [0.15, 0.2) is 5.75 Å². The number of halogens is 2. The summed E-state index contributed by atoms with van der Waals surface area (Å²) in [6.07, 6.45) is 1.35. The number of sulfonamides is 1. The standard InChI is InChI=1S/C22H27BrClN3O6S/c1-3-13-8-14(23)9-18(19(13)28)34(32,33)26-17-11-15(24)10-16(20(17)29)21(30)25-12-22(31)4-6-27(2)7-5-22/h8-11,26,28-29,31H,3-7,12H2,1-2H3,(H,25,30). The van der Waals surface area contributed by atoms with Gasteiger partial charge in [0.1, 0.15) is 10.6 Å². The van der Waals surface area contributed by atoms with Gasteiger partial charge in [-0.1, -0.05) is 34.5 Å². The number of aliphatic hydroxyl groups is 1. The maximum absolute atomic E-state index is 13.0. The number of likely N-dealkylation sites (tertiary alicyclic amines) is 1. The number of nitrogens with one attached hydrogen (secondary N) is 2. The van der Waals surface area contributed by atoms with E-state index in [1.165, 1.54) is 12.1 Å². The number of phenols is 2. The van der Waals surface area contributed by atoms with Gasteiger partial charge in [0, 0.05) is 29.1 Å². The van der Waals surface area contributed by atoms with Crippen LogP contribution in [-0.4, -0.2) is 66.8 Å². The molecule has 0 saturated carbocycles. The van der Waals surface area contributed by atoms with Gasteiger partial charge in [0.05, 0.1) is 16.9 Å². The zero-order valence-electron chi connectivity index (χ0n) is 18.7. The second-order valence-corrected chi connectivity index (χ2v) is 11.4. The highest BCUT2D eigenvalue weighted by molar-refractivity contribution is 9.10. The Balaban J connectivity index is 1.86. The zero-order valence-corrected chi connectivity index (χ0v) is 21.9. The Hall–Kier alpha value is -2.05. The molecule has 3 rings (SSSR count). The van der Waals surface area contributed by atoms with Gasteiger partial charge in [-0.05, 0) is 56.1 Å². The lowest BCUT2D eigenvalue weighted by Gasteiger charge is -2.36. The molecule has 0 radical (unpaired) electrons. The van der Waals surface area contributed by atoms with Crippen molar-refractivity contribution in [1.29, 1.82) is 0 Å². The summed E-state index contributed by atoms with van der Waals surface area (Å²) >= 11 is 9.33. The van der Waals surface area contributed by atoms with Crippen molar-refractivity contribution in [1.82, 2.24) is 10.2 Å². The zero-order chi connectivity index (χ0) is 25.3. The minimum absolute atomic E-state index is 0.00589. The predicted molar refractivity (Wildman–Crippen MR) is 133 cm³/mol. The maximum atomic E-state index is 13.0. The molecule has 186 valence electrons. The number of benzene rings is 2. The molecule has 9 nitrogen and oxygen atoms in total. The number of nitrogens with zero attached hydrogens (tertiary/aromatic N) is 1. The van der Waals surface area contributed by atoms with E-state index in [9.17, 15) is 28.5 Å². The normalized spacial score (nSPS) is 16.3. The Morgan fingerprint density at radius 3 is 2.44 bits per heavy atom. The molecule has 0 aliphatic carbocycles. The first-order valence-corrected chi connectivity index (χ1v) is 13.3. The Kier molecular flexibility index (Phi) is 8.03. The summed E-state index contributed by atoms with van der Waals surface area (Å²) in [4.78, 5) is 14.4. The summed E-state index contributed by atoms with van der Waals surface area (Å²) in [5.41, 5.74) is -1.24. The van der Waals surface area contributed by atoms with Crippen molar-refractivity contribution in [3.05, 3.63) is 44.9 Å². The Morgan fingerprint density at radius 1 is 1.18 bits per heavy atom. The van der Waals surface area contributed by atoms with Gasteiger partial charge in [-0.2, -0.15) is 0 Å². The van der Waals surface area contributed by atoms with Gasteiger partial charge in [-0.3, -0.25) is 9.52 Å². The van der Waals surface area contributed by atoms with E-state index in [0.29, 0.717) is 42.4 Å². The highest BCUT2D eigenvalue weighted by Crippen LogP contribution is 2.36. The highest BCUT2D eigenvalue weighted by atomic mass is 79.9. The number of aryl methyl sites for hydroxylation is 1. The molecule has 5 N–H and O–H groups in total. The third kappa shape index (κ3) is 5.95. The minimum Gasteiger partial charge on any atom is -0.506 e. The van der Waals surface area contributed by atoms with Crippen LogP contribution >= 0.6 is 27.5 Å². The minimum atomic E-state index is -4.35. The molecule has 34 heavy (non-hydrogen) atoms. The SMILES string of the molecule is CCc1cc(Br)cc(S(=O)(=O)Nc2cc(Cl)cc(C(=O)NCC3(O)CCN(C)CC3)c2O)c1O. The third-order valence-electron chi connectivity index (χ3n) is 5.85. The third-order valence-corrected chi connectivity index (χ3v) is 7.90. The van der Waals surface area contributed by atoms with E-state index in [1.807, 2.05) is 7.05 Å². The monoisotopic (exact) mass is 575 g/mol. The summed E-state index contributed by atoms with van der Waals surface area (Å²) in [6, 6.07) is 5.19. The van der Waals surface area contributed by atoms with E-state index in [2.05, 4.69) is 30.9 Å². The van der Waals surface area contributed by atoms with Crippen LogP contribution < -0.4 is 10.0 Å². The van der Waals surface area contributed by atoms with Crippen molar-refractivity contribution in [2.75, 3.05) is 31.4 Å². The molecular formula is C22H27BrClN3O6S. The lowest BCUT2D eigenvalue weighted by molar-refractivity contribution is -0.0135. The molecule has 0 atom stereocenters. The molecule has 1 fully saturated rings. The Morgan fingerprint density at radius 2 is 1.82 bits per heavy atom. The number of amides is 1. The molecule has 0 bridgehead atoms. The summed E-state index contributed by atoms with van der Waals surface area (Å²) in [5.74, 6) is -1.76. The van der Waals surface area contributed by atoms with Crippen LogP contribution in [0.2, 0.25) is 5.02 Å².